The summed E-state index contributed by atoms with van der Waals surface area (Å²) in [6, 6.07) is 8.70. The van der Waals surface area contributed by atoms with E-state index in [1.807, 2.05) is 0 Å². The Balaban J connectivity index is 0.000000443. The van der Waals surface area contributed by atoms with Gasteiger partial charge in [0.2, 0.25) is 0 Å². The number of hydrogen-bond acceptors (Lipinski definition) is 8. The molecule has 0 aliphatic heterocycles. The Morgan fingerprint density at radius 1 is 0.800 bits per heavy atom. The van der Waals surface area contributed by atoms with Crippen molar-refractivity contribution in [2.45, 2.75) is 0 Å². The van der Waals surface area contributed by atoms with Crippen LogP contribution in [0.3, 0.4) is 0 Å². The van der Waals surface area contributed by atoms with E-state index in [1.165, 1.54) is 38.5 Å². The average molecular weight is 432 g/mol. The summed E-state index contributed by atoms with van der Waals surface area (Å²) >= 11 is 8.75. The minimum absolute atomic E-state index is 0. The van der Waals surface area contributed by atoms with Gasteiger partial charge in [-0.3, -0.25) is 0 Å². The van der Waals surface area contributed by atoms with Crippen LogP contribution in [0.4, 0.5) is 0 Å². The van der Waals surface area contributed by atoms with E-state index in [2.05, 4.69) is 25.3 Å². The summed E-state index contributed by atoms with van der Waals surface area (Å²) in [7, 11) is 2.95. The van der Waals surface area contributed by atoms with Crippen LogP contribution in [0.25, 0.3) is 0 Å². The van der Waals surface area contributed by atoms with E-state index in [0.717, 1.165) is 0 Å². The van der Waals surface area contributed by atoms with Crippen molar-refractivity contribution >= 4 is 35.5 Å². The Morgan fingerprint density at radius 2 is 1.12 bits per heavy atom. The number of carbonyl (C=O) groups is 2. The van der Waals surface area contributed by atoms with Crippen molar-refractivity contribution in [2.24, 2.45) is 0 Å². The van der Waals surface area contributed by atoms with Gasteiger partial charge in [0.05, 0.1) is 14.2 Å². The Morgan fingerprint density at radius 3 is 1.32 bits per heavy atom. The zero-order valence-corrected chi connectivity index (χ0v) is 18.1. The minimum atomic E-state index is -0.574. The number of phenolic OH excluding ortho intramolecular Hbond substituents is 2. The predicted octanol–water partition coefficient (Wildman–Crippen LogP) is 2.17. The van der Waals surface area contributed by atoms with Gasteiger partial charge in [-0.1, -0.05) is 0 Å². The molecule has 9 heteroatoms. The molecule has 25 heavy (non-hydrogen) atoms. The van der Waals surface area contributed by atoms with Gasteiger partial charge in [-0.2, -0.15) is 0 Å². The number of ether oxygens (including phenoxy) is 2. The molecule has 2 aromatic carbocycles. The molecule has 2 rings (SSSR count). The van der Waals surface area contributed by atoms with Gasteiger partial charge in [0, 0.05) is 33.5 Å². The third kappa shape index (κ3) is 6.82. The number of hydrogen-bond donors (Lipinski definition) is 2. The maximum Gasteiger partial charge on any atom is 2.00 e. The number of carbonyl (C=O) groups excluding carboxylic acids is 2. The first-order valence-electron chi connectivity index (χ1n) is 6.46. The summed E-state index contributed by atoms with van der Waals surface area (Å²) in [5.41, 5.74) is 0.261. The van der Waals surface area contributed by atoms with Crippen LogP contribution in [0.1, 0.15) is 20.7 Å². The van der Waals surface area contributed by atoms with E-state index in [4.69, 9.17) is 9.47 Å². The summed E-state index contributed by atoms with van der Waals surface area (Å²) in [6.07, 6.45) is 0. The number of rotatable bonds is 4. The second-order valence-corrected chi connectivity index (χ2v) is 5.08. The van der Waals surface area contributed by atoms with Crippen LogP contribution in [0.15, 0.2) is 36.4 Å². The quantitative estimate of drug-likeness (QED) is 0.562. The molecule has 0 aromatic heterocycles. The van der Waals surface area contributed by atoms with E-state index in [0.29, 0.717) is 11.5 Å². The molecular formula is C16H14O6S2Zn. The van der Waals surface area contributed by atoms with Crippen molar-refractivity contribution in [1.29, 1.82) is 0 Å². The molecule has 0 radical (unpaired) electrons. The molecular weight excluding hydrogens is 418 g/mol. The van der Waals surface area contributed by atoms with Gasteiger partial charge in [0.15, 0.2) is 0 Å². The number of phenols is 2. The van der Waals surface area contributed by atoms with E-state index < -0.39 is 10.2 Å². The number of aromatic hydroxyl groups is 2. The monoisotopic (exact) mass is 430 g/mol. The first-order chi connectivity index (χ1) is 11.3. The third-order valence-corrected chi connectivity index (χ3v) is 3.29. The van der Waals surface area contributed by atoms with Gasteiger partial charge < -0.3 is 54.5 Å². The van der Waals surface area contributed by atoms with Crippen LogP contribution in [-0.2, 0) is 44.7 Å². The summed E-state index contributed by atoms with van der Waals surface area (Å²) in [5.74, 6) is 0.698. The standard InChI is InChI=1S/2C8H8O3S.Zn/c2*1-11-5-2-3-6(8(10)12)7(9)4-5;/h2*2-4,9H,1H3,(H,10,12);/q;;+2/p-2. The first-order valence-corrected chi connectivity index (χ1v) is 7.28. The predicted molar refractivity (Wildman–Crippen MR) is 92.7 cm³/mol. The van der Waals surface area contributed by atoms with Crippen molar-refractivity contribution in [3.63, 3.8) is 0 Å². The van der Waals surface area contributed by atoms with Gasteiger partial charge in [-0.25, -0.2) is 0 Å². The van der Waals surface area contributed by atoms with Crippen LogP contribution in [0.2, 0.25) is 0 Å². The summed E-state index contributed by atoms with van der Waals surface area (Å²) in [4.78, 5) is 21.4. The van der Waals surface area contributed by atoms with Crippen molar-refractivity contribution < 1.29 is 48.8 Å². The first kappa shape index (κ1) is 23.0. The van der Waals surface area contributed by atoms with Gasteiger partial charge >= 0.3 is 19.5 Å². The molecule has 0 saturated heterocycles. The molecule has 0 saturated carbocycles. The van der Waals surface area contributed by atoms with Crippen LogP contribution < -0.4 is 9.47 Å². The maximum absolute atomic E-state index is 10.7. The Kier molecular flexibility index (Phi) is 9.97. The van der Waals surface area contributed by atoms with Crippen LogP contribution in [0, 0.1) is 0 Å². The molecule has 0 amide bonds. The van der Waals surface area contributed by atoms with E-state index in [-0.39, 0.29) is 42.1 Å². The average Bonchev–Trinajstić information content (AvgIpc) is 2.54. The normalized spacial score (nSPS) is 9.04. The van der Waals surface area contributed by atoms with Crippen LogP contribution >= 0.6 is 0 Å². The summed E-state index contributed by atoms with van der Waals surface area (Å²) in [5, 5.41) is 17.3. The molecule has 128 valence electrons. The second-order valence-electron chi connectivity index (χ2n) is 4.34. The number of benzene rings is 2. The minimum Gasteiger partial charge on any atom is -0.737 e. The Labute approximate surface area is 168 Å². The zero-order valence-electron chi connectivity index (χ0n) is 13.5. The largest absolute Gasteiger partial charge is 2.00 e. The fraction of sp³-hybridized carbons (Fsp3) is 0.125. The molecule has 0 unspecified atom stereocenters. The molecule has 0 aliphatic carbocycles. The molecule has 0 bridgehead atoms. The summed E-state index contributed by atoms with van der Waals surface area (Å²) < 4.78 is 9.65. The molecule has 0 heterocycles. The van der Waals surface area contributed by atoms with Crippen LogP contribution in [-0.4, -0.2) is 34.7 Å². The molecule has 6 nitrogen and oxygen atoms in total. The molecule has 0 aliphatic rings. The van der Waals surface area contributed by atoms with E-state index in [1.54, 1.807) is 12.1 Å². The third-order valence-electron chi connectivity index (χ3n) is 2.85. The number of methoxy groups -OCH3 is 2. The topological polar surface area (TPSA) is 93.1 Å². The second kappa shape index (κ2) is 10.8. The molecule has 2 aromatic rings. The van der Waals surface area contributed by atoms with Gasteiger partial charge in [0.1, 0.15) is 23.0 Å². The van der Waals surface area contributed by atoms with Crippen molar-refractivity contribution in [3.8, 4) is 23.0 Å². The fourth-order valence-electron chi connectivity index (χ4n) is 1.62. The zero-order chi connectivity index (χ0) is 18.3. The smallest absolute Gasteiger partial charge is 0.737 e. The van der Waals surface area contributed by atoms with E-state index in [9.17, 15) is 19.8 Å². The maximum atomic E-state index is 10.7. The molecule has 0 spiro atoms. The van der Waals surface area contributed by atoms with Gasteiger partial charge in [0.25, 0.3) is 0 Å². The Bertz CT molecular complexity index is 688. The van der Waals surface area contributed by atoms with Crippen molar-refractivity contribution in [3.05, 3.63) is 47.5 Å². The fourth-order valence-corrected chi connectivity index (χ4v) is 1.97. The van der Waals surface area contributed by atoms with E-state index >= 15 is 0 Å². The van der Waals surface area contributed by atoms with Crippen LogP contribution in [0.5, 0.6) is 23.0 Å². The summed E-state index contributed by atoms with van der Waals surface area (Å²) in [6.45, 7) is 0. The molecule has 0 atom stereocenters. The van der Waals surface area contributed by atoms with Crippen molar-refractivity contribution in [2.75, 3.05) is 14.2 Å². The van der Waals surface area contributed by atoms with Crippen molar-refractivity contribution in [1.82, 2.24) is 0 Å². The molecule has 0 fully saturated rings. The SMILES string of the molecule is COc1ccc(C(=O)[S-])c(O)c1.COc1ccc(C(=O)[S-])c(O)c1.[Zn+2]. The van der Waals surface area contributed by atoms with Gasteiger partial charge in [-0.05, 0) is 24.3 Å². The Hall–Kier alpha value is -1.96. The molecule has 2 N–H and O–H groups in total. The van der Waals surface area contributed by atoms with Gasteiger partial charge in [-0.15, -0.1) is 0 Å².